The lowest BCUT2D eigenvalue weighted by Crippen LogP contribution is -2.17. The van der Waals surface area contributed by atoms with E-state index in [1.54, 1.807) is 12.1 Å². The molecule has 1 heterocycles. The second-order valence-corrected chi connectivity index (χ2v) is 5.99. The molecule has 0 bridgehead atoms. The number of pyridine rings is 1. The average Bonchev–Trinajstić information content (AvgIpc) is 2.55. The number of fused-ring (bicyclic) bond motifs is 1. The van der Waals surface area contributed by atoms with Crippen LogP contribution in [-0.4, -0.2) is 11.3 Å². The number of nitrogens with zero attached hydrogens (tertiary/aromatic N) is 1. The first-order chi connectivity index (χ1) is 11.9. The molecule has 0 atom stereocenters. The van der Waals surface area contributed by atoms with Crippen molar-refractivity contribution in [1.82, 2.24) is 4.98 Å². The van der Waals surface area contributed by atoms with Crippen LogP contribution in [0, 0.1) is 6.92 Å². The van der Waals surface area contributed by atoms with Crippen molar-refractivity contribution in [1.29, 1.82) is 0 Å². The van der Waals surface area contributed by atoms with Gasteiger partial charge in [0.25, 0.3) is 0 Å². The Morgan fingerprint density at radius 2 is 1.68 bits per heavy atom. The third kappa shape index (κ3) is 4.72. The van der Waals surface area contributed by atoms with Gasteiger partial charge in [-0.15, -0.1) is 13.2 Å². The topological polar surface area (TPSA) is 22.1 Å². The number of hydrogen-bond donors (Lipinski definition) is 0. The fourth-order valence-corrected chi connectivity index (χ4v) is 2.88. The van der Waals surface area contributed by atoms with Gasteiger partial charge in [0.05, 0.1) is 5.52 Å². The van der Waals surface area contributed by atoms with Crippen LogP contribution in [0.25, 0.3) is 10.9 Å². The van der Waals surface area contributed by atoms with E-state index in [1.165, 1.54) is 17.7 Å². The third-order valence-electron chi connectivity index (χ3n) is 4.03. The van der Waals surface area contributed by atoms with E-state index in [-0.39, 0.29) is 5.75 Å². The van der Waals surface area contributed by atoms with Crippen molar-refractivity contribution in [3.63, 3.8) is 0 Å². The van der Waals surface area contributed by atoms with Crippen molar-refractivity contribution in [2.45, 2.75) is 32.5 Å². The first-order valence-electron chi connectivity index (χ1n) is 8.11. The molecule has 1 aromatic heterocycles. The van der Waals surface area contributed by atoms with Crippen molar-refractivity contribution < 1.29 is 17.9 Å². The fraction of sp³-hybridized carbons (Fsp3) is 0.250. The van der Waals surface area contributed by atoms with Crippen molar-refractivity contribution in [3.8, 4) is 5.75 Å². The number of aryl methyl sites for hydroxylation is 3. The predicted octanol–water partition coefficient (Wildman–Crippen LogP) is 5.62. The van der Waals surface area contributed by atoms with Crippen molar-refractivity contribution >= 4 is 10.9 Å². The van der Waals surface area contributed by atoms with E-state index in [4.69, 9.17) is 0 Å². The molecule has 0 aliphatic carbocycles. The van der Waals surface area contributed by atoms with Gasteiger partial charge >= 0.3 is 6.36 Å². The van der Waals surface area contributed by atoms with Gasteiger partial charge in [0, 0.05) is 11.1 Å². The predicted molar refractivity (Wildman–Crippen MR) is 91.6 cm³/mol. The number of benzene rings is 2. The summed E-state index contributed by atoms with van der Waals surface area (Å²) in [6.07, 6.45) is -2.17. The van der Waals surface area contributed by atoms with Crippen LogP contribution in [0.3, 0.4) is 0 Å². The van der Waals surface area contributed by atoms with Gasteiger partial charge in [-0.2, -0.15) is 0 Å². The summed E-state index contributed by atoms with van der Waals surface area (Å²) >= 11 is 0. The van der Waals surface area contributed by atoms with Gasteiger partial charge in [0.1, 0.15) is 5.75 Å². The third-order valence-corrected chi connectivity index (χ3v) is 4.03. The Balaban J connectivity index is 1.59. The van der Waals surface area contributed by atoms with Crippen molar-refractivity contribution in [2.75, 3.05) is 0 Å². The zero-order chi connectivity index (χ0) is 17.9. The molecular weight excluding hydrogens is 327 g/mol. The van der Waals surface area contributed by atoms with Crippen molar-refractivity contribution in [3.05, 3.63) is 71.4 Å². The Morgan fingerprint density at radius 3 is 2.40 bits per heavy atom. The molecule has 3 aromatic rings. The highest BCUT2D eigenvalue weighted by atomic mass is 19.4. The molecule has 0 saturated carbocycles. The van der Waals surface area contributed by atoms with Gasteiger partial charge in [-0.25, -0.2) is 0 Å². The van der Waals surface area contributed by atoms with Gasteiger partial charge in [0.2, 0.25) is 0 Å². The highest BCUT2D eigenvalue weighted by Gasteiger charge is 2.30. The normalized spacial score (nSPS) is 11.7. The first kappa shape index (κ1) is 17.3. The molecule has 0 fully saturated rings. The van der Waals surface area contributed by atoms with E-state index < -0.39 is 6.36 Å². The minimum atomic E-state index is -4.65. The molecule has 0 N–H and O–H groups in total. The summed E-state index contributed by atoms with van der Waals surface area (Å²) in [6, 6.07) is 16.2. The molecule has 25 heavy (non-hydrogen) atoms. The number of halogens is 3. The summed E-state index contributed by atoms with van der Waals surface area (Å²) in [4.78, 5) is 4.68. The molecule has 5 heteroatoms. The van der Waals surface area contributed by atoms with Crippen LogP contribution in [0.4, 0.5) is 13.2 Å². The summed E-state index contributed by atoms with van der Waals surface area (Å²) in [5.41, 5.74) is 4.21. The number of hydrogen-bond acceptors (Lipinski definition) is 2. The monoisotopic (exact) mass is 345 g/mol. The first-order valence-corrected chi connectivity index (χ1v) is 8.11. The van der Waals surface area contributed by atoms with Gasteiger partial charge in [-0.05, 0) is 61.6 Å². The Labute approximate surface area is 144 Å². The lowest BCUT2D eigenvalue weighted by molar-refractivity contribution is -0.274. The van der Waals surface area contributed by atoms with E-state index in [0.29, 0.717) is 0 Å². The zero-order valence-electron chi connectivity index (χ0n) is 13.8. The fourth-order valence-electron chi connectivity index (χ4n) is 2.88. The maximum Gasteiger partial charge on any atom is 0.573 e. The van der Waals surface area contributed by atoms with Crippen LogP contribution < -0.4 is 4.74 Å². The van der Waals surface area contributed by atoms with E-state index in [2.05, 4.69) is 28.8 Å². The second kappa shape index (κ2) is 7.13. The van der Waals surface area contributed by atoms with E-state index >= 15 is 0 Å². The molecule has 0 saturated heterocycles. The summed E-state index contributed by atoms with van der Waals surface area (Å²) in [6.45, 7) is 2.08. The molecule has 2 aromatic carbocycles. The van der Waals surface area contributed by atoms with Gasteiger partial charge < -0.3 is 4.74 Å². The molecule has 0 radical (unpaired) electrons. The molecule has 0 aliphatic rings. The Kier molecular flexibility index (Phi) is 4.93. The lowest BCUT2D eigenvalue weighted by Gasteiger charge is -2.09. The second-order valence-electron chi connectivity index (χ2n) is 5.99. The summed E-state index contributed by atoms with van der Waals surface area (Å²) < 4.78 is 40.3. The minimum Gasteiger partial charge on any atom is -0.406 e. The van der Waals surface area contributed by atoms with Crippen LogP contribution in [-0.2, 0) is 12.8 Å². The van der Waals surface area contributed by atoms with Crippen LogP contribution in [0.5, 0.6) is 5.75 Å². The molecule has 3 rings (SSSR count). The van der Waals surface area contributed by atoms with E-state index in [9.17, 15) is 13.2 Å². The minimum absolute atomic E-state index is 0.192. The summed E-state index contributed by atoms with van der Waals surface area (Å²) in [7, 11) is 0. The standard InChI is InChI=1S/C20H18F3NO/c1-14-13-16(24-19-8-3-2-7-18(14)19)6-4-5-15-9-11-17(12-10-15)25-20(21,22)23/h2-3,7-13H,4-6H2,1H3. The summed E-state index contributed by atoms with van der Waals surface area (Å²) in [5.74, 6) is -0.192. The van der Waals surface area contributed by atoms with Gasteiger partial charge in [-0.3, -0.25) is 4.98 Å². The molecule has 0 unspecified atom stereocenters. The van der Waals surface area contributed by atoms with Crippen molar-refractivity contribution in [2.24, 2.45) is 0 Å². The van der Waals surface area contributed by atoms with Crippen LogP contribution in [0.15, 0.2) is 54.6 Å². The maximum atomic E-state index is 12.1. The summed E-state index contributed by atoms with van der Waals surface area (Å²) in [5, 5.41) is 1.16. The van der Waals surface area contributed by atoms with E-state index in [0.717, 1.165) is 41.4 Å². The number of rotatable bonds is 5. The largest absolute Gasteiger partial charge is 0.573 e. The number of ether oxygens (including phenoxy) is 1. The maximum absolute atomic E-state index is 12.1. The lowest BCUT2D eigenvalue weighted by atomic mass is 10.0. The molecule has 2 nitrogen and oxygen atoms in total. The quantitative estimate of drug-likeness (QED) is 0.599. The number of aromatic nitrogens is 1. The van der Waals surface area contributed by atoms with Crippen LogP contribution in [0.1, 0.15) is 23.2 Å². The van der Waals surface area contributed by atoms with E-state index in [1.807, 2.05) is 18.2 Å². The van der Waals surface area contributed by atoms with Gasteiger partial charge in [0.15, 0.2) is 0 Å². The van der Waals surface area contributed by atoms with Crippen LogP contribution >= 0.6 is 0 Å². The van der Waals surface area contributed by atoms with Crippen LogP contribution in [0.2, 0.25) is 0 Å². The Bertz CT molecular complexity index is 857. The zero-order valence-corrected chi connectivity index (χ0v) is 13.8. The SMILES string of the molecule is Cc1cc(CCCc2ccc(OC(F)(F)F)cc2)nc2ccccc12. The highest BCUT2D eigenvalue weighted by Crippen LogP contribution is 2.23. The molecule has 0 spiro atoms. The van der Waals surface area contributed by atoms with Gasteiger partial charge in [-0.1, -0.05) is 30.3 Å². The molecule has 130 valence electrons. The Hall–Kier alpha value is -2.56. The highest BCUT2D eigenvalue weighted by molar-refractivity contribution is 5.81. The average molecular weight is 345 g/mol. The Morgan fingerprint density at radius 1 is 0.960 bits per heavy atom. The number of para-hydroxylation sites is 1. The molecular formula is C20H18F3NO. The number of alkyl halides is 3. The molecule has 0 amide bonds. The molecule has 0 aliphatic heterocycles. The smallest absolute Gasteiger partial charge is 0.406 e.